The number of aliphatic imine (C=N–C) groups is 1. The minimum Gasteiger partial charge on any atom is -0.490 e. The van der Waals surface area contributed by atoms with Crippen LogP contribution in [-0.4, -0.2) is 46.9 Å². The van der Waals surface area contributed by atoms with E-state index in [1.807, 2.05) is 60.3 Å². The maximum Gasteiger partial charge on any atom is 0.193 e. The van der Waals surface area contributed by atoms with Gasteiger partial charge in [0.2, 0.25) is 0 Å². The molecule has 0 unspecified atom stereocenters. The van der Waals surface area contributed by atoms with Crippen LogP contribution in [0.1, 0.15) is 29.8 Å². The second-order valence-electron chi connectivity index (χ2n) is 7.91. The molecule has 0 atom stereocenters. The van der Waals surface area contributed by atoms with Crippen molar-refractivity contribution in [2.24, 2.45) is 4.99 Å². The molecule has 2 heterocycles. The van der Waals surface area contributed by atoms with Crippen LogP contribution in [0.15, 0.2) is 65.7 Å². The summed E-state index contributed by atoms with van der Waals surface area (Å²) in [6.45, 7) is 6.76. The van der Waals surface area contributed by atoms with Gasteiger partial charge in [-0.25, -0.2) is 4.68 Å². The van der Waals surface area contributed by atoms with Crippen LogP contribution in [0.5, 0.6) is 5.75 Å². The van der Waals surface area contributed by atoms with Gasteiger partial charge in [-0.3, -0.25) is 4.99 Å². The predicted molar refractivity (Wildman–Crippen MR) is 125 cm³/mol. The first kappa shape index (κ1) is 21.0. The molecule has 0 aliphatic carbocycles. The SMILES string of the molecule is CN=C(NCc1c(C)nn(-c2ccccc2)c1C)N1CCC(Oc2ccccc2)CC1. The maximum atomic E-state index is 6.12. The highest BCUT2D eigenvalue weighted by atomic mass is 16.5. The second kappa shape index (κ2) is 9.69. The number of rotatable bonds is 5. The first-order valence-corrected chi connectivity index (χ1v) is 10.9. The molecule has 6 heteroatoms. The molecule has 31 heavy (non-hydrogen) atoms. The Kier molecular flexibility index (Phi) is 6.55. The summed E-state index contributed by atoms with van der Waals surface area (Å²) in [5, 5.41) is 8.30. The lowest BCUT2D eigenvalue weighted by atomic mass is 10.1. The fraction of sp³-hybridized carbons (Fsp3) is 0.360. The van der Waals surface area contributed by atoms with Crippen LogP contribution in [0.2, 0.25) is 0 Å². The van der Waals surface area contributed by atoms with Crippen LogP contribution < -0.4 is 10.1 Å². The monoisotopic (exact) mass is 417 g/mol. The standard InChI is InChI=1S/C25H31N5O/c1-19-24(20(2)30(28-19)21-10-6-4-7-11-21)18-27-25(26-3)29-16-14-23(15-17-29)31-22-12-8-5-9-13-22/h4-13,23H,14-18H2,1-3H3,(H,26,27). The molecular weight excluding hydrogens is 386 g/mol. The molecule has 0 radical (unpaired) electrons. The molecule has 0 spiro atoms. The van der Waals surface area contributed by atoms with Crippen LogP contribution in [0.3, 0.4) is 0 Å². The number of para-hydroxylation sites is 2. The molecule has 2 aromatic carbocycles. The molecule has 1 aliphatic rings. The van der Waals surface area contributed by atoms with E-state index in [-0.39, 0.29) is 6.10 Å². The number of nitrogens with zero attached hydrogens (tertiary/aromatic N) is 4. The Morgan fingerprint density at radius 2 is 1.68 bits per heavy atom. The van der Waals surface area contributed by atoms with E-state index in [1.165, 1.54) is 5.56 Å². The number of likely N-dealkylation sites (tertiary alicyclic amines) is 1. The zero-order chi connectivity index (χ0) is 21.6. The Labute approximate surface area is 184 Å². The third-order valence-corrected chi connectivity index (χ3v) is 5.86. The molecule has 0 saturated carbocycles. The Bertz CT molecular complexity index is 1010. The predicted octanol–water partition coefficient (Wildman–Crippen LogP) is 4.11. The summed E-state index contributed by atoms with van der Waals surface area (Å²) in [5.41, 5.74) is 4.49. The van der Waals surface area contributed by atoms with Gasteiger partial charge in [0.05, 0.1) is 11.4 Å². The number of ether oxygens (including phenoxy) is 1. The van der Waals surface area contributed by atoms with Gasteiger partial charge in [-0.15, -0.1) is 0 Å². The highest BCUT2D eigenvalue weighted by Gasteiger charge is 2.23. The van der Waals surface area contributed by atoms with Crippen molar-refractivity contribution in [3.63, 3.8) is 0 Å². The van der Waals surface area contributed by atoms with Crippen molar-refractivity contribution in [1.29, 1.82) is 0 Å². The lowest BCUT2D eigenvalue weighted by molar-refractivity contribution is 0.129. The number of guanidine groups is 1. The van der Waals surface area contributed by atoms with Crippen LogP contribution in [-0.2, 0) is 6.54 Å². The lowest BCUT2D eigenvalue weighted by Crippen LogP contribution is -2.47. The van der Waals surface area contributed by atoms with Crippen LogP contribution in [0, 0.1) is 13.8 Å². The summed E-state index contributed by atoms with van der Waals surface area (Å²) in [6, 6.07) is 20.3. The van der Waals surface area contributed by atoms with E-state index in [2.05, 4.69) is 41.2 Å². The minimum atomic E-state index is 0.255. The molecule has 3 aromatic rings. The Morgan fingerprint density at radius 1 is 1.03 bits per heavy atom. The number of benzene rings is 2. The normalized spacial score (nSPS) is 15.2. The Hall–Kier alpha value is -3.28. The van der Waals surface area contributed by atoms with Gasteiger partial charge < -0.3 is 15.0 Å². The fourth-order valence-electron chi connectivity index (χ4n) is 4.13. The molecule has 6 nitrogen and oxygen atoms in total. The van der Waals surface area contributed by atoms with Crippen molar-refractivity contribution < 1.29 is 4.74 Å². The molecule has 0 amide bonds. The van der Waals surface area contributed by atoms with Gasteiger partial charge in [-0.05, 0) is 38.1 Å². The highest BCUT2D eigenvalue weighted by Crippen LogP contribution is 2.20. The average molecular weight is 418 g/mol. The van der Waals surface area contributed by atoms with Gasteiger partial charge in [0.1, 0.15) is 11.9 Å². The summed E-state index contributed by atoms with van der Waals surface area (Å²) in [6.07, 6.45) is 2.23. The molecule has 1 N–H and O–H groups in total. The molecule has 4 rings (SSSR count). The topological polar surface area (TPSA) is 54.7 Å². The van der Waals surface area contributed by atoms with Gasteiger partial charge in [-0.1, -0.05) is 36.4 Å². The molecule has 162 valence electrons. The van der Waals surface area contributed by atoms with Gasteiger partial charge in [0.15, 0.2) is 5.96 Å². The number of aryl methyl sites for hydroxylation is 1. The number of aromatic nitrogens is 2. The number of hydrogen-bond donors (Lipinski definition) is 1. The largest absolute Gasteiger partial charge is 0.490 e. The molecule has 1 saturated heterocycles. The van der Waals surface area contributed by atoms with Crippen molar-refractivity contribution in [3.05, 3.63) is 77.6 Å². The number of hydrogen-bond acceptors (Lipinski definition) is 3. The third kappa shape index (κ3) is 4.90. The first-order valence-electron chi connectivity index (χ1n) is 10.9. The van der Waals surface area contributed by atoms with E-state index < -0.39 is 0 Å². The van der Waals surface area contributed by atoms with Crippen LogP contribution in [0.4, 0.5) is 0 Å². The van der Waals surface area contributed by atoms with Crippen molar-refractivity contribution in [2.75, 3.05) is 20.1 Å². The van der Waals surface area contributed by atoms with E-state index in [9.17, 15) is 0 Å². The second-order valence-corrected chi connectivity index (χ2v) is 7.91. The number of piperidine rings is 1. The molecular formula is C25H31N5O. The fourth-order valence-corrected chi connectivity index (χ4v) is 4.13. The van der Waals surface area contributed by atoms with Gasteiger partial charge >= 0.3 is 0 Å². The zero-order valence-electron chi connectivity index (χ0n) is 18.6. The Balaban J connectivity index is 1.35. The zero-order valence-corrected chi connectivity index (χ0v) is 18.6. The van der Waals surface area contributed by atoms with Gasteiger partial charge in [0, 0.05) is 50.8 Å². The molecule has 1 aliphatic heterocycles. The lowest BCUT2D eigenvalue weighted by Gasteiger charge is -2.34. The van der Waals surface area contributed by atoms with E-state index in [1.54, 1.807) is 0 Å². The van der Waals surface area contributed by atoms with E-state index in [0.29, 0.717) is 6.54 Å². The van der Waals surface area contributed by atoms with E-state index in [0.717, 1.165) is 54.7 Å². The summed E-state index contributed by atoms with van der Waals surface area (Å²) in [4.78, 5) is 6.84. The number of nitrogens with one attached hydrogen (secondary N) is 1. The quantitative estimate of drug-likeness (QED) is 0.501. The van der Waals surface area contributed by atoms with E-state index in [4.69, 9.17) is 9.84 Å². The first-order chi connectivity index (χ1) is 15.2. The minimum absolute atomic E-state index is 0.255. The average Bonchev–Trinajstić information content (AvgIpc) is 3.10. The Morgan fingerprint density at radius 3 is 2.32 bits per heavy atom. The highest BCUT2D eigenvalue weighted by molar-refractivity contribution is 5.80. The summed E-state index contributed by atoms with van der Waals surface area (Å²) in [5.74, 6) is 1.88. The maximum absolute atomic E-state index is 6.12. The van der Waals surface area contributed by atoms with Gasteiger partial charge in [-0.2, -0.15) is 5.10 Å². The molecule has 0 bridgehead atoms. The summed E-state index contributed by atoms with van der Waals surface area (Å²) >= 11 is 0. The smallest absolute Gasteiger partial charge is 0.193 e. The molecule has 1 aromatic heterocycles. The third-order valence-electron chi connectivity index (χ3n) is 5.86. The van der Waals surface area contributed by atoms with Crippen LogP contribution >= 0.6 is 0 Å². The van der Waals surface area contributed by atoms with Crippen molar-refractivity contribution >= 4 is 5.96 Å². The summed E-state index contributed by atoms with van der Waals surface area (Å²) in [7, 11) is 1.85. The summed E-state index contributed by atoms with van der Waals surface area (Å²) < 4.78 is 8.14. The van der Waals surface area contributed by atoms with Crippen molar-refractivity contribution in [3.8, 4) is 11.4 Å². The van der Waals surface area contributed by atoms with E-state index >= 15 is 0 Å². The van der Waals surface area contributed by atoms with Gasteiger partial charge in [0.25, 0.3) is 0 Å². The molecule has 1 fully saturated rings. The van der Waals surface area contributed by atoms with Crippen LogP contribution in [0.25, 0.3) is 5.69 Å². The van der Waals surface area contributed by atoms with Crippen molar-refractivity contribution in [1.82, 2.24) is 20.0 Å². The van der Waals surface area contributed by atoms with Crippen molar-refractivity contribution in [2.45, 2.75) is 39.3 Å².